The van der Waals surface area contributed by atoms with Crippen LogP contribution in [0.2, 0.25) is 0 Å². The van der Waals surface area contributed by atoms with Crippen LogP contribution in [0.3, 0.4) is 0 Å². The van der Waals surface area contributed by atoms with Crippen LogP contribution in [0, 0.1) is 28.8 Å². The first-order chi connectivity index (χ1) is 6.57. The third kappa shape index (κ3) is 2.85. The summed E-state index contributed by atoms with van der Waals surface area (Å²) in [5.74, 6) is -4.15. The first-order valence-corrected chi connectivity index (χ1v) is 3.84. The second kappa shape index (κ2) is 5.59. The van der Waals surface area contributed by atoms with E-state index in [0.717, 1.165) is 12.1 Å². The minimum Gasteiger partial charge on any atom is -0.323 e. The molecule has 2 nitrogen and oxygen atoms in total. The van der Waals surface area contributed by atoms with Crippen molar-refractivity contribution in [2.45, 2.75) is 12.5 Å². The summed E-state index contributed by atoms with van der Waals surface area (Å²) in [5.41, 5.74) is 5.18. The van der Waals surface area contributed by atoms with Gasteiger partial charge in [-0.1, -0.05) is 6.07 Å². The molecule has 6 heteroatoms. The van der Waals surface area contributed by atoms with Crippen molar-refractivity contribution in [3.63, 3.8) is 0 Å². The number of nitrogens with zero attached hydrogens (tertiary/aromatic N) is 1. The van der Waals surface area contributed by atoms with Crippen LogP contribution in [-0.2, 0) is 0 Å². The average Bonchev–Trinajstić information content (AvgIpc) is 2.15. The molecule has 1 aromatic carbocycles. The molecule has 1 aromatic rings. The molecule has 0 unspecified atom stereocenters. The van der Waals surface area contributed by atoms with Gasteiger partial charge in [0.15, 0.2) is 17.5 Å². The van der Waals surface area contributed by atoms with Crippen molar-refractivity contribution in [1.82, 2.24) is 0 Å². The predicted molar refractivity (Wildman–Crippen MR) is 50.7 cm³/mol. The summed E-state index contributed by atoms with van der Waals surface area (Å²) in [4.78, 5) is 0. The Bertz CT molecular complexity index is 390. The molecule has 0 amide bonds. The van der Waals surface area contributed by atoms with Gasteiger partial charge in [0.05, 0.1) is 12.5 Å². The summed E-state index contributed by atoms with van der Waals surface area (Å²) in [6.07, 6.45) is -0.151. The Morgan fingerprint density at radius 3 is 2.40 bits per heavy atom. The standard InChI is InChI=1S/C9H7F3N2.ClH/c10-6-2-1-5(7(14)3-4-13)8(11)9(6)12;/h1-2,7H,3,14H2;1H/t7-;/m1./s1. The van der Waals surface area contributed by atoms with Gasteiger partial charge >= 0.3 is 0 Å². The summed E-state index contributed by atoms with van der Waals surface area (Å²) in [7, 11) is 0. The number of rotatable bonds is 2. The lowest BCUT2D eigenvalue weighted by Gasteiger charge is -2.09. The maximum Gasteiger partial charge on any atom is 0.194 e. The van der Waals surface area contributed by atoms with Crippen molar-refractivity contribution < 1.29 is 13.2 Å². The molecular formula is C9H8ClF3N2. The van der Waals surface area contributed by atoms with Crippen LogP contribution in [0.25, 0.3) is 0 Å². The lowest BCUT2D eigenvalue weighted by atomic mass is 10.0. The second-order valence-electron chi connectivity index (χ2n) is 2.73. The molecular weight excluding hydrogens is 229 g/mol. The van der Waals surface area contributed by atoms with E-state index >= 15 is 0 Å². The highest BCUT2D eigenvalue weighted by Crippen LogP contribution is 2.21. The van der Waals surface area contributed by atoms with Crippen LogP contribution >= 0.6 is 12.4 Å². The molecule has 2 N–H and O–H groups in total. The van der Waals surface area contributed by atoms with E-state index in [1.165, 1.54) is 0 Å². The van der Waals surface area contributed by atoms with Crippen LogP contribution in [0.4, 0.5) is 13.2 Å². The topological polar surface area (TPSA) is 49.8 Å². The summed E-state index contributed by atoms with van der Waals surface area (Å²) in [6.45, 7) is 0. The van der Waals surface area contributed by atoms with Gasteiger partial charge in [-0.15, -0.1) is 12.4 Å². The van der Waals surface area contributed by atoms with Crippen molar-refractivity contribution in [2.75, 3.05) is 0 Å². The molecule has 82 valence electrons. The predicted octanol–water partition coefficient (Wildman–Crippen LogP) is 2.44. The van der Waals surface area contributed by atoms with E-state index in [1.807, 2.05) is 0 Å². The van der Waals surface area contributed by atoms with E-state index < -0.39 is 23.5 Å². The van der Waals surface area contributed by atoms with Gasteiger partial charge in [0.2, 0.25) is 0 Å². The number of nitriles is 1. The van der Waals surface area contributed by atoms with Gasteiger partial charge in [0.1, 0.15) is 0 Å². The van der Waals surface area contributed by atoms with Crippen LogP contribution < -0.4 is 5.73 Å². The number of benzene rings is 1. The zero-order chi connectivity index (χ0) is 10.7. The van der Waals surface area contributed by atoms with Gasteiger partial charge in [-0.2, -0.15) is 5.26 Å². The number of hydrogen-bond acceptors (Lipinski definition) is 2. The highest BCUT2D eigenvalue weighted by Gasteiger charge is 2.17. The Morgan fingerprint density at radius 2 is 1.87 bits per heavy atom. The van der Waals surface area contributed by atoms with Crippen molar-refractivity contribution in [3.05, 3.63) is 35.1 Å². The summed E-state index contributed by atoms with van der Waals surface area (Å²) >= 11 is 0. The first-order valence-electron chi connectivity index (χ1n) is 3.84. The molecule has 0 saturated heterocycles. The molecule has 1 atom stereocenters. The Kier molecular flexibility index (Phi) is 5.12. The average molecular weight is 237 g/mol. The fourth-order valence-electron chi connectivity index (χ4n) is 1.04. The Hall–Kier alpha value is -1.25. The third-order valence-electron chi connectivity index (χ3n) is 1.78. The van der Waals surface area contributed by atoms with Crippen LogP contribution in [0.15, 0.2) is 12.1 Å². The van der Waals surface area contributed by atoms with Crippen molar-refractivity contribution in [1.29, 1.82) is 5.26 Å². The lowest BCUT2D eigenvalue weighted by molar-refractivity contribution is 0.436. The van der Waals surface area contributed by atoms with Crippen molar-refractivity contribution >= 4 is 12.4 Å². The van der Waals surface area contributed by atoms with Crippen LogP contribution in [0.5, 0.6) is 0 Å². The highest BCUT2D eigenvalue weighted by atomic mass is 35.5. The van der Waals surface area contributed by atoms with Crippen LogP contribution in [0.1, 0.15) is 18.0 Å². The maximum absolute atomic E-state index is 13.0. The zero-order valence-electron chi connectivity index (χ0n) is 7.51. The smallest absolute Gasteiger partial charge is 0.194 e. The molecule has 0 aliphatic carbocycles. The Balaban J connectivity index is 0.00000196. The van der Waals surface area contributed by atoms with E-state index in [9.17, 15) is 13.2 Å². The number of hydrogen-bond donors (Lipinski definition) is 1. The minimum absolute atomic E-state index is 0. The molecule has 0 aliphatic rings. The van der Waals surface area contributed by atoms with Crippen molar-refractivity contribution in [2.24, 2.45) is 5.73 Å². The fraction of sp³-hybridized carbons (Fsp3) is 0.222. The van der Waals surface area contributed by atoms with Gasteiger partial charge in [-0.05, 0) is 6.07 Å². The molecule has 0 aromatic heterocycles. The quantitative estimate of drug-likeness (QED) is 0.802. The maximum atomic E-state index is 13.0. The molecule has 0 fully saturated rings. The molecule has 1 rings (SSSR count). The van der Waals surface area contributed by atoms with Gasteiger partial charge in [-0.25, -0.2) is 13.2 Å². The lowest BCUT2D eigenvalue weighted by Crippen LogP contribution is -2.12. The van der Waals surface area contributed by atoms with E-state index in [4.69, 9.17) is 11.0 Å². The Labute approximate surface area is 90.9 Å². The minimum atomic E-state index is -1.56. The molecule has 0 bridgehead atoms. The first kappa shape index (κ1) is 13.8. The van der Waals surface area contributed by atoms with Gasteiger partial charge in [-0.3, -0.25) is 0 Å². The Morgan fingerprint density at radius 1 is 1.27 bits per heavy atom. The summed E-state index contributed by atoms with van der Waals surface area (Å²) < 4.78 is 38.2. The van der Waals surface area contributed by atoms with Gasteiger partial charge < -0.3 is 5.73 Å². The van der Waals surface area contributed by atoms with E-state index in [-0.39, 0.29) is 24.4 Å². The monoisotopic (exact) mass is 236 g/mol. The number of halogens is 4. The largest absolute Gasteiger partial charge is 0.323 e. The molecule has 0 heterocycles. The van der Waals surface area contributed by atoms with Gasteiger partial charge in [0, 0.05) is 11.6 Å². The van der Waals surface area contributed by atoms with E-state index in [2.05, 4.69) is 0 Å². The molecule has 15 heavy (non-hydrogen) atoms. The zero-order valence-corrected chi connectivity index (χ0v) is 8.32. The molecule has 0 saturated carbocycles. The van der Waals surface area contributed by atoms with E-state index in [0.29, 0.717) is 0 Å². The van der Waals surface area contributed by atoms with Crippen molar-refractivity contribution in [3.8, 4) is 6.07 Å². The molecule has 0 spiro atoms. The number of nitrogens with two attached hydrogens (primary N) is 1. The SMILES string of the molecule is Cl.N#CC[C@@H](N)c1ccc(F)c(F)c1F. The highest BCUT2D eigenvalue weighted by molar-refractivity contribution is 5.85. The molecule has 0 aliphatic heterocycles. The van der Waals surface area contributed by atoms with Crippen LogP contribution in [-0.4, -0.2) is 0 Å². The van der Waals surface area contributed by atoms with Gasteiger partial charge in [0.25, 0.3) is 0 Å². The third-order valence-corrected chi connectivity index (χ3v) is 1.78. The second-order valence-corrected chi connectivity index (χ2v) is 2.73. The summed E-state index contributed by atoms with van der Waals surface area (Å²) in [5, 5.41) is 8.29. The fourth-order valence-corrected chi connectivity index (χ4v) is 1.04. The molecule has 0 radical (unpaired) electrons. The van der Waals surface area contributed by atoms with E-state index in [1.54, 1.807) is 6.07 Å². The summed E-state index contributed by atoms with van der Waals surface area (Å²) in [6, 6.07) is 2.60. The normalized spacial score (nSPS) is 11.4.